The molecule has 0 spiro atoms. The molecule has 1 aromatic carbocycles. The minimum atomic E-state index is -1.30. The molecule has 138 valence electrons. The lowest BCUT2D eigenvalue weighted by Gasteiger charge is -2.23. The molecule has 2 atom stereocenters. The number of benzene rings is 1. The number of fused-ring (bicyclic) bond motifs is 1. The van der Waals surface area contributed by atoms with Crippen molar-refractivity contribution in [3.8, 4) is 11.5 Å². The Morgan fingerprint density at radius 3 is 2.64 bits per heavy atom. The molecule has 1 heterocycles. The number of aliphatic carboxylic acids is 1. The van der Waals surface area contributed by atoms with E-state index in [0.29, 0.717) is 23.7 Å². The van der Waals surface area contributed by atoms with Crippen LogP contribution in [0.5, 0.6) is 11.5 Å². The molecule has 0 bridgehead atoms. The van der Waals surface area contributed by atoms with Crippen LogP contribution in [0.3, 0.4) is 0 Å². The minimum absolute atomic E-state index is 0.0156. The van der Waals surface area contributed by atoms with E-state index in [-0.39, 0.29) is 6.10 Å². The highest BCUT2D eigenvalue weighted by atomic mass is 16.6. The summed E-state index contributed by atoms with van der Waals surface area (Å²) in [5, 5.41) is 12.0. The van der Waals surface area contributed by atoms with Crippen LogP contribution >= 0.6 is 0 Å². The van der Waals surface area contributed by atoms with Crippen LogP contribution < -0.4 is 14.8 Å². The van der Waals surface area contributed by atoms with Crippen molar-refractivity contribution >= 4 is 12.1 Å². The normalized spacial score (nSPS) is 17.2. The third-order valence-electron chi connectivity index (χ3n) is 3.55. The minimum Gasteiger partial charge on any atom is -0.493 e. The number of carboxylic acid groups (broad SMARTS) is 1. The van der Waals surface area contributed by atoms with Gasteiger partial charge in [-0.25, -0.2) is 9.59 Å². The molecule has 0 saturated carbocycles. The van der Waals surface area contributed by atoms with Gasteiger partial charge in [0.1, 0.15) is 23.2 Å². The number of rotatable bonds is 5. The molecule has 2 N–H and O–H groups in total. The predicted octanol–water partition coefficient (Wildman–Crippen LogP) is 3.06. The van der Waals surface area contributed by atoms with Gasteiger partial charge in [-0.2, -0.15) is 0 Å². The molecule has 0 radical (unpaired) electrons. The second-order valence-corrected chi connectivity index (χ2v) is 6.98. The molecule has 0 saturated heterocycles. The maximum absolute atomic E-state index is 12.0. The lowest BCUT2D eigenvalue weighted by atomic mass is 10.0. The van der Waals surface area contributed by atoms with Crippen molar-refractivity contribution in [2.24, 2.45) is 0 Å². The number of hydrogen-bond donors (Lipinski definition) is 2. The standard InChI is InChI=1S/C18H25NO6/c1-6-23-14-8-11-7-10(2)24-13(11)9-12(14)15(16(20)21)19-17(22)25-18(3,4)5/h8-10,15H,6-7H2,1-5H3,(H,19,22)(H,20,21). The summed E-state index contributed by atoms with van der Waals surface area (Å²) in [6.45, 7) is 9.25. The van der Waals surface area contributed by atoms with Crippen LogP contribution in [0.15, 0.2) is 12.1 Å². The van der Waals surface area contributed by atoms with Crippen molar-refractivity contribution in [1.29, 1.82) is 0 Å². The summed E-state index contributed by atoms with van der Waals surface area (Å²) in [6.07, 6.45) is -0.0635. The molecule has 2 rings (SSSR count). The molecular formula is C18H25NO6. The number of carbonyl (C=O) groups is 2. The van der Waals surface area contributed by atoms with Crippen molar-refractivity contribution < 1.29 is 28.9 Å². The number of carbonyl (C=O) groups excluding carboxylic acids is 1. The molecule has 0 aliphatic carbocycles. The Hall–Kier alpha value is -2.44. The quantitative estimate of drug-likeness (QED) is 0.847. The third kappa shape index (κ3) is 4.78. The monoisotopic (exact) mass is 351 g/mol. The summed E-state index contributed by atoms with van der Waals surface area (Å²) in [7, 11) is 0. The lowest BCUT2D eigenvalue weighted by molar-refractivity contribution is -0.139. The van der Waals surface area contributed by atoms with E-state index in [1.807, 2.05) is 13.8 Å². The molecule has 1 aliphatic heterocycles. The highest BCUT2D eigenvalue weighted by Crippen LogP contribution is 2.38. The van der Waals surface area contributed by atoms with Crippen molar-refractivity contribution in [3.05, 3.63) is 23.3 Å². The molecule has 7 nitrogen and oxygen atoms in total. The first-order valence-corrected chi connectivity index (χ1v) is 8.29. The molecule has 2 unspecified atom stereocenters. The second kappa shape index (κ2) is 7.21. The fraction of sp³-hybridized carbons (Fsp3) is 0.556. The topological polar surface area (TPSA) is 94.1 Å². The molecule has 0 fully saturated rings. The summed E-state index contributed by atoms with van der Waals surface area (Å²) in [5.41, 5.74) is 0.556. The van der Waals surface area contributed by atoms with E-state index in [1.165, 1.54) is 0 Å². The van der Waals surface area contributed by atoms with E-state index in [1.54, 1.807) is 32.9 Å². The van der Waals surface area contributed by atoms with E-state index >= 15 is 0 Å². The highest BCUT2D eigenvalue weighted by molar-refractivity contribution is 5.82. The Kier molecular flexibility index (Phi) is 5.45. The average Bonchev–Trinajstić information content (AvgIpc) is 2.81. The van der Waals surface area contributed by atoms with Gasteiger partial charge in [-0.3, -0.25) is 0 Å². The fourth-order valence-electron chi connectivity index (χ4n) is 2.66. The molecule has 1 aliphatic rings. The maximum Gasteiger partial charge on any atom is 0.408 e. The van der Waals surface area contributed by atoms with Gasteiger partial charge in [0.25, 0.3) is 0 Å². The highest BCUT2D eigenvalue weighted by Gasteiger charge is 2.31. The maximum atomic E-state index is 12.0. The van der Waals surface area contributed by atoms with Gasteiger partial charge in [0.2, 0.25) is 0 Å². The smallest absolute Gasteiger partial charge is 0.408 e. The number of hydrogen-bond acceptors (Lipinski definition) is 5. The van der Waals surface area contributed by atoms with Crippen LogP contribution in [0.25, 0.3) is 0 Å². The molecule has 25 heavy (non-hydrogen) atoms. The van der Waals surface area contributed by atoms with Crippen LogP contribution in [0.1, 0.15) is 51.8 Å². The number of carboxylic acids is 1. The van der Waals surface area contributed by atoms with Gasteiger partial charge in [-0.15, -0.1) is 0 Å². The Morgan fingerprint density at radius 2 is 2.08 bits per heavy atom. The van der Waals surface area contributed by atoms with Crippen molar-refractivity contribution in [2.75, 3.05) is 6.61 Å². The summed E-state index contributed by atoms with van der Waals surface area (Å²) in [6, 6.07) is 2.10. The predicted molar refractivity (Wildman–Crippen MR) is 91.2 cm³/mol. The molecular weight excluding hydrogens is 326 g/mol. The average molecular weight is 351 g/mol. The van der Waals surface area contributed by atoms with E-state index in [0.717, 1.165) is 12.0 Å². The molecule has 7 heteroatoms. The van der Waals surface area contributed by atoms with Gasteiger partial charge in [0, 0.05) is 17.5 Å². The summed E-state index contributed by atoms with van der Waals surface area (Å²) < 4.78 is 16.5. The molecule has 1 amide bonds. The summed E-state index contributed by atoms with van der Waals surface area (Å²) >= 11 is 0. The second-order valence-electron chi connectivity index (χ2n) is 6.98. The SMILES string of the molecule is CCOc1cc2c(cc1C(NC(=O)OC(C)(C)C)C(=O)O)OC(C)C2. The summed E-state index contributed by atoms with van der Waals surface area (Å²) in [4.78, 5) is 23.8. The van der Waals surface area contributed by atoms with Gasteiger partial charge in [-0.1, -0.05) is 0 Å². The number of nitrogens with one attached hydrogen (secondary N) is 1. The van der Waals surface area contributed by atoms with E-state index in [9.17, 15) is 14.7 Å². The number of amides is 1. The van der Waals surface area contributed by atoms with Crippen molar-refractivity contribution in [1.82, 2.24) is 5.32 Å². The number of ether oxygens (including phenoxy) is 3. The van der Waals surface area contributed by atoms with Crippen LogP contribution in [-0.4, -0.2) is 35.5 Å². The van der Waals surface area contributed by atoms with Crippen LogP contribution in [0.2, 0.25) is 0 Å². The Morgan fingerprint density at radius 1 is 1.40 bits per heavy atom. The van der Waals surface area contributed by atoms with E-state index in [4.69, 9.17) is 14.2 Å². The van der Waals surface area contributed by atoms with Crippen LogP contribution in [-0.2, 0) is 16.0 Å². The van der Waals surface area contributed by atoms with Gasteiger partial charge in [0.15, 0.2) is 6.04 Å². The zero-order valence-electron chi connectivity index (χ0n) is 15.2. The zero-order chi connectivity index (χ0) is 18.8. The Bertz CT molecular complexity index is 664. The van der Waals surface area contributed by atoms with Gasteiger partial charge in [0.05, 0.1) is 6.61 Å². The Labute approximate surface area is 147 Å². The molecule has 1 aromatic rings. The molecule has 0 aromatic heterocycles. The number of alkyl carbamates (subject to hydrolysis) is 1. The summed E-state index contributed by atoms with van der Waals surface area (Å²) in [5.74, 6) is -0.177. The van der Waals surface area contributed by atoms with Gasteiger partial charge >= 0.3 is 12.1 Å². The van der Waals surface area contributed by atoms with Crippen molar-refractivity contribution in [2.45, 2.75) is 58.8 Å². The van der Waals surface area contributed by atoms with Crippen molar-refractivity contribution in [3.63, 3.8) is 0 Å². The first-order valence-electron chi connectivity index (χ1n) is 8.29. The van der Waals surface area contributed by atoms with Gasteiger partial charge in [-0.05, 0) is 46.8 Å². The fourth-order valence-corrected chi connectivity index (χ4v) is 2.66. The van der Waals surface area contributed by atoms with E-state index in [2.05, 4.69) is 5.32 Å². The first-order chi connectivity index (χ1) is 11.6. The van der Waals surface area contributed by atoms with Crippen LogP contribution in [0, 0.1) is 0 Å². The zero-order valence-corrected chi connectivity index (χ0v) is 15.2. The van der Waals surface area contributed by atoms with Gasteiger partial charge < -0.3 is 24.6 Å². The lowest BCUT2D eigenvalue weighted by Crippen LogP contribution is -2.38. The Balaban J connectivity index is 2.35. The van der Waals surface area contributed by atoms with E-state index < -0.39 is 23.7 Å². The first kappa shape index (κ1) is 18.9. The van der Waals surface area contributed by atoms with Crippen LogP contribution in [0.4, 0.5) is 4.79 Å². The third-order valence-corrected chi connectivity index (χ3v) is 3.55. The largest absolute Gasteiger partial charge is 0.493 e.